The Morgan fingerprint density at radius 2 is 2.62 bits per heavy atom. The van der Waals surface area contributed by atoms with Crippen LogP contribution in [-0.4, -0.2) is 7.05 Å². The molecule has 0 amide bonds. The van der Waals surface area contributed by atoms with Crippen LogP contribution in [-0.2, 0) is 6.54 Å². The minimum absolute atomic E-state index is 1.12. The highest BCUT2D eigenvalue weighted by Crippen LogP contribution is 2.04. The van der Waals surface area contributed by atoms with Gasteiger partial charge in [-0.1, -0.05) is 6.07 Å². The average Bonchev–Trinajstić information content (AvgIpc) is 2.19. The molecular weight excluding hydrogens is 118 g/mol. The molecule has 2 heteroatoms. The first-order chi connectivity index (χ1) is 3.93. The summed E-state index contributed by atoms with van der Waals surface area (Å²) >= 11 is 1.82. The van der Waals surface area contributed by atoms with E-state index >= 15 is 0 Å². The Morgan fingerprint density at radius 1 is 1.75 bits per heavy atom. The molecule has 2 N–H and O–H groups in total. The molecular formula is C6H10NS+. The maximum Gasteiger partial charge on any atom is 0.110 e. The van der Waals surface area contributed by atoms with Crippen LogP contribution in [0.3, 0.4) is 0 Å². The van der Waals surface area contributed by atoms with Crippen molar-refractivity contribution in [2.75, 3.05) is 7.05 Å². The van der Waals surface area contributed by atoms with Crippen molar-refractivity contribution in [1.29, 1.82) is 0 Å². The lowest BCUT2D eigenvalue weighted by Crippen LogP contribution is -2.77. The molecule has 0 atom stereocenters. The third kappa shape index (κ3) is 1.32. The van der Waals surface area contributed by atoms with E-state index in [9.17, 15) is 0 Å². The molecule has 0 aromatic carbocycles. The zero-order valence-corrected chi connectivity index (χ0v) is 5.74. The molecule has 8 heavy (non-hydrogen) atoms. The van der Waals surface area contributed by atoms with Crippen LogP contribution in [0.25, 0.3) is 0 Å². The van der Waals surface area contributed by atoms with E-state index in [4.69, 9.17) is 0 Å². The van der Waals surface area contributed by atoms with Crippen molar-refractivity contribution in [3.63, 3.8) is 0 Å². The van der Waals surface area contributed by atoms with Gasteiger partial charge in [0.25, 0.3) is 0 Å². The maximum atomic E-state index is 2.17. The fourth-order valence-corrected chi connectivity index (χ4v) is 1.38. The fourth-order valence-electron chi connectivity index (χ4n) is 0.630. The van der Waals surface area contributed by atoms with Crippen LogP contribution in [0.5, 0.6) is 0 Å². The zero-order chi connectivity index (χ0) is 5.82. The molecule has 0 saturated carbocycles. The predicted octanol–water partition coefficient (Wildman–Crippen LogP) is 0.441. The van der Waals surface area contributed by atoms with Gasteiger partial charge < -0.3 is 5.32 Å². The molecule has 0 aliphatic heterocycles. The van der Waals surface area contributed by atoms with Gasteiger partial charge in [-0.05, 0) is 11.4 Å². The number of quaternary nitrogens is 1. The summed E-state index contributed by atoms with van der Waals surface area (Å²) < 4.78 is 0. The first-order valence-electron chi connectivity index (χ1n) is 2.73. The highest BCUT2D eigenvalue weighted by Gasteiger charge is 1.89. The Labute approximate surface area is 53.4 Å². The van der Waals surface area contributed by atoms with Crippen LogP contribution in [0.1, 0.15) is 4.88 Å². The number of hydrogen-bond acceptors (Lipinski definition) is 1. The lowest BCUT2D eigenvalue weighted by molar-refractivity contribution is -0.642. The van der Waals surface area contributed by atoms with Gasteiger partial charge in [-0.25, -0.2) is 0 Å². The minimum atomic E-state index is 1.12. The molecule has 0 radical (unpaired) electrons. The van der Waals surface area contributed by atoms with E-state index in [1.807, 2.05) is 11.3 Å². The molecule has 1 rings (SSSR count). The van der Waals surface area contributed by atoms with Crippen molar-refractivity contribution in [2.24, 2.45) is 0 Å². The Kier molecular flexibility index (Phi) is 2.06. The van der Waals surface area contributed by atoms with Crippen LogP contribution in [0, 0.1) is 0 Å². The predicted molar refractivity (Wildman–Crippen MR) is 35.9 cm³/mol. The molecule has 1 heterocycles. The second-order valence-corrected chi connectivity index (χ2v) is 2.72. The smallest absolute Gasteiger partial charge is 0.110 e. The van der Waals surface area contributed by atoms with Gasteiger partial charge in [0.2, 0.25) is 0 Å². The second-order valence-electron chi connectivity index (χ2n) is 1.69. The first-order valence-corrected chi connectivity index (χ1v) is 3.61. The fraction of sp³-hybridized carbons (Fsp3) is 0.333. The molecule has 0 spiro atoms. The van der Waals surface area contributed by atoms with Crippen LogP contribution in [0.4, 0.5) is 0 Å². The van der Waals surface area contributed by atoms with Gasteiger partial charge in [0.05, 0.1) is 11.9 Å². The van der Waals surface area contributed by atoms with Crippen molar-refractivity contribution in [1.82, 2.24) is 0 Å². The van der Waals surface area contributed by atoms with Crippen molar-refractivity contribution >= 4 is 11.3 Å². The molecule has 1 nitrogen and oxygen atoms in total. The van der Waals surface area contributed by atoms with E-state index < -0.39 is 0 Å². The molecule has 1 aromatic heterocycles. The lowest BCUT2D eigenvalue weighted by atomic mass is 10.5. The van der Waals surface area contributed by atoms with E-state index in [1.54, 1.807) is 0 Å². The summed E-state index contributed by atoms with van der Waals surface area (Å²) in [6.07, 6.45) is 0. The lowest BCUT2D eigenvalue weighted by Gasteiger charge is -1.86. The Hall–Kier alpha value is -0.340. The third-order valence-corrected chi connectivity index (χ3v) is 1.88. The van der Waals surface area contributed by atoms with E-state index in [0.29, 0.717) is 0 Å². The number of thiophene rings is 1. The number of hydrogen-bond donors (Lipinski definition) is 1. The minimum Gasteiger partial charge on any atom is -0.344 e. The average molecular weight is 128 g/mol. The Balaban J connectivity index is 2.50. The van der Waals surface area contributed by atoms with Gasteiger partial charge in [-0.2, -0.15) is 0 Å². The van der Waals surface area contributed by atoms with Crippen molar-refractivity contribution < 1.29 is 5.32 Å². The molecule has 0 saturated heterocycles. The molecule has 0 bridgehead atoms. The quantitative estimate of drug-likeness (QED) is 0.595. The number of rotatable bonds is 2. The summed E-state index contributed by atoms with van der Waals surface area (Å²) in [7, 11) is 2.08. The van der Waals surface area contributed by atoms with Crippen molar-refractivity contribution in [2.45, 2.75) is 6.54 Å². The molecule has 0 aliphatic carbocycles. The monoisotopic (exact) mass is 128 g/mol. The van der Waals surface area contributed by atoms with Gasteiger partial charge in [0, 0.05) is 0 Å². The Bertz CT molecular complexity index is 134. The summed E-state index contributed by atoms with van der Waals surface area (Å²) in [5.74, 6) is 0. The van der Waals surface area contributed by atoms with Crippen LogP contribution in [0.2, 0.25) is 0 Å². The van der Waals surface area contributed by atoms with E-state index in [2.05, 4.69) is 29.9 Å². The summed E-state index contributed by atoms with van der Waals surface area (Å²) in [5.41, 5.74) is 0. The van der Waals surface area contributed by atoms with Gasteiger partial charge >= 0.3 is 0 Å². The molecule has 0 unspecified atom stereocenters. The summed E-state index contributed by atoms with van der Waals surface area (Å²) in [5, 5.41) is 4.28. The standard InChI is InChI=1S/C6H9NS/c1-7-5-6-3-2-4-8-6/h2-4,7H,5H2,1H3/p+1. The third-order valence-electron chi connectivity index (χ3n) is 0.985. The molecule has 1 aromatic rings. The van der Waals surface area contributed by atoms with E-state index in [-0.39, 0.29) is 0 Å². The topological polar surface area (TPSA) is 16.6 Å². The van der Waals surface area contributed by atoms with E-state index in [0.717, 1.165) is 6.54 Å². The maximum absolute atomic E-state index is 2.17. The molecule has 0 aliphatic rings. The largest absolute Gasteiger partial charge is 0.344 e. The van der Waals surface area contributed by atoms with Crippen LogP contribution >= 0.6 is 11.3 Å². The van der Waals surface area contributed by atoms with Crippen LogP contribution < -0.4 is 5.32 Å². The molecule has 44 valence electrons. The van der Waals surface area contributed by atoms with Gasteiger partial charge in [0.1, 0.15) is 6.54 Å². The van der Waals surface area contributed by atoms with E-state index in [1.165, 1.54) is 4.88 Å². The van der Waals surface area contributed by atoms with Gasteiger partial charge in [-0.3, -0.25) is 0 Å². The molecule has 0 fully saturated rings. The van der Waals surface area contributed by atoms with Gasteiger partial charge in [0.15, 0.2) is 0 Å². The van der Waals surface area contributed by atoms with Crippen molar-refractivity contribution in [3.8, 4) is 0 Å². The SMILES string of the molecule is C[NH2+]Cc1cccs1. The highest BCUT2D eigenvalue weighted by molar-refractivity contribution is 7.09. The first kappa shape index (κ1) is 5.79. The summed E-state index contributed by atoms with van der Waals surface area (Å²) in [6.45, 7) is 1.12. The van der Waals surface area contributed by atoms with Crippen LogP contribution in [0.15, 0.2) is 17.5 Å². The summed E-state index contributed by atoms with van der Waals surface area (Å²) in [4.78, 5) is 1.45. The number of nitrogens with two attached hydrogens (primary N) is 1. The zero-order valence-electron chi connectivity index (χ0n) is 4.92. The Morgan fingerprint density at radius 3 is 3.12 bits per heavy atom. The second kappa shape index (κ2) is 2.84. The van der Waals surface area contributed by atoms with Gasteiger partial charge in [-0.15, -0.1) is 11.3 Å². The highest BCUT2D eigenvalue weighted by atomic mass is 32.1. The van der Waals surface area contributed by atoms with Crippen molar-refractivity contribution in [3.05, 3.63) is 22.4 Å². The summed E-state index contributed by atoms with van der Waals surface area (Å²) in [6, 6.07) is 4.24. The normalized spacial score (nSPS) is 9.62.